The summed E-state index contributed by atoms with van der Waals surface area (Å²) in [5.41, 5.74) is 1.17. The highest BCUT2D eigenvalue weighted by atomic mass is 35.5. The Morgan fingerprint density at radius 2 is 2.22 bits per heavy atom. The van der Waals surface area contributed by atoms with Gasteiger partial charge in [0, 0.05) is 24.7 Å². The van der Waals surface area contributed by atoms with E-state index >= 15 is 0 Å². The lowest BCUT2D eigenvalue weighted by atomic mass is 10.1. The van der Waals surface area contributed by atoms with Crippen LogP contribution in [0.15, 0.2) is 12.3 Å². The van der Waals surface area contributed by atoms with Gasteiger partial charge in [-0.3, -0.25) is 9.58 Å². The minimum absolute atomic E-state index is 0.319. The Hall–Kier alpha value is -0.540. The Morgan fingerprint density at radius 1 is 1.44 bits per heavy atom. The van der Waals surface area contributed by atoms with Gasteiger partial charge in [-0.25, -0.2) is 0 Å². The van der Waals surface area contributed by atoms with Crippen LogP contribution in [-0.4, -0.2) is 33.1 Å². The lowest BCUT2D eigenvalue weighted by molar-refractivity contribution is 0.220. The highest BCUT2D eigenvalue weighted by molar-refractivity contribution is 6.20. The molecule has 1 unspecified atom stereocenters. The highest BCUT2D eigenvalue weighted by Gasteiger charge is 2.18. The molecular weight excluding hydrogens is 246 g/mol. The Kier molecular flexibility index (Phi) is 5.07. The van der Waals surface area contributed by atoms with Gasteiger partial charge in [-0.1, -0.05) is 13.8 Å². The number of nitrogens with zero attached hydrogens (tertiary/aromatic N) is 3. The molecule has 0 spiro atoms. The van der Waals surface area contributed by atoms with Gasteiger partial charge < -0.3 is 0 Å². The Bertz CT molecular complexity index is 360. The number of hydrogen-bond acceptors (Lipinski definition) is 2. The predicted octanol–water partition coefficient (Wildman–Crippen LogP) is 3.45. The van der Waals surface area contributed by atoms with Crippen LogP contribution in [-0.2, 0) is 6.54 Å². The average molecular weight is 270 g/mol. The molecule has 1 aromatic rings. The molecule has 1 fully saturated rings. The maximum atomic E-state index is 6.21. The summed E-state index contributed by atoms with van der Waals surface area (Å²) in [5, 5.41) is 5.02. The minimum Gasteiger partial charge on any atom is -0.296 e. The van der Waals surface area contributed by atoms with Crippen molar-refractivity contribution in [3.8, 4) is 0 Å². The molecule has 1 aromatic heterocycles. The summed E-state index contributed by atoms with van der Waals surface area (Å²) in [5.74, 6) is 0. The van der Waals surface area contributed by atoms with Gasteiger partial charge in [0.05, 0.1) is 11.7 Å². The van der Waals surface area contributed by atoms with Crippen LogP contribution >= 0.6 is 11.6 Å². The molecule has 2 rings (SSSR count). The first-order chi connectivity index (χ1) is 8.72. The predicted molar refractivity (Wildman–Crippen MR) is 76.0 cm³/mol. The van der Waals surface area contributed by atoms with E-state index < -0.39 is 0 Å². The molecule has 0 aliphatic carbocycles. The number of aromatic nitrogens is 2. The molecule has 0 N–H and O–H groups in total. The summed E-state index contributed by atoms with van der Waals surface area (Å²) in [6.45, 7) is 7.54. The molecule has 1 atom stereocenters. The number of alkyl halides is 1. The molecular formula is C14H24ClN3. The fraction of sp³-hybridized carbons (Fsp3) is 0.786. The van der Waals surface area contributed by atoms with Gasteiger partial charge in [0.2, 0.25) is 0 Å². The third kappa shape index (κ3) is 3.48. The van der Waals surface area contributed by atoms with E-state index in [9.17, 15) is 0 Å². The van der Waals surface area contributed by atoms with Gasteiger partial charge in [0.25, 0.3) is 0 Å². The van der Waals surface area contributed by atoms with Crippen LogP contribution in [0.5, 0.6) is 0 Å². The largest absolute Gasteiger partial charge is 0.296 e. The second-order valence-corrected chi connectivity index (χ2v) is 5.85. The first-order valence-electron chi connectivity index (χ1n) is 7.13. The zero-order valence-electron chi connectivity index (χ0n) is 11.5. The molecule has 2 heterocycles. The van der Waals surface area contributed by atoms with Crippen molar-refractivity contribution in [3.05, 3.63) is 18.0 Å². The molecule has 102 valence electrons. The maximum Gasteiger partial charge on any atom is 0.0764 e. The van der Waals surface area contributed by atoms with Gasteiger partial charge in [-0.15, -0.1) is 11.6 Å². The van der Waals surface area contributed by atoms with Crippen LogP contribution < -0.4 is 0 Å². The molecule has 18 heavy (non-hydrogen) atoms. The van der Waals surface area contributed by atoms with Crippen molar-refractivity contribution in [2.75, 3.05) is 13.1 Å². The minimum atomic E-state index is 0.319. The van der Waals surface area contributed by atoms with E-state index in [0.717, 1.165) is 38.9 Å². The number of likely N-dealkylation sites (tertiary alicyclic amines) is 1. The fourth-order valence-corrected chi connectivity index (χ4v) is 3.05. The summed E-state index contributed by atoms with van der Waals surface area (Å²) in [6.07, 6.45) is 6.77. The number of hydrogen-bond donors (Lipinski definition) is 0. The third-order valence-electron chi connectivity index (χ3n) is 3.81. The van der Waals surface area contributed by atoms with E-state index in [-0.39, 0.29) is 0 Å². The van der Waals surface area contributed by atoms with Crippen molar-refractivity contribution < 1.29 is 0 Å². The molecule has 0 radical (unpaired) electrons. The van der Waals surface area contributed by atoms with Crippen molar-refractivity contribution in [1.29, 1.82) is 0 Å². The van der Waals surface area contributed by atoms with Gasteiger partial charge in [-0.2, -0.15) is 5.10 Å². The Labute approximate surface area is 115 Å². The standard InChI is InChI=1S/C14H24ClN3/c1-3-14(4-2)18-9-7-13(16-18)11-17-8-5-6-12(15)10-17/h7,9,12,14H,3-6,8,10-11H2,1-2H3. The van der Waals surface area contributed by atoms with E-state index in [4.69, 9.17) is 16.7 Å². The van der Waals surface area contributed by atoms with Crippen molar-refractivity contribution in [3.63, 3.8) is 0 Å². The summed E-state index contributed by atoms with van der Waals surface area (Å²) in [4.78, 5) is 2.42. The monoisotopic (exact) mass is 269 g/mol. The third-order valence-corrected chi connectivity index (χ3v) is 4.17. The van der Waals surface area contributed by atoms with E-state index in [2.05, 4.69) is 35.7 Å². The van der Waals surface area contributed by atoms with E-state index in [1.807, 2.05) is 0 Å². The van der Waals surface area contributed by atoms with Crippen LogP contribution in [0.1, 0.15) is 51.3 Å². The van der Waals surface area contributed by atoms with Crippen molar-refractivity contribution in [1.82, 2.24) is 14.7 Å². The quantitative estimate of drug-likeness (QED) is 0.764. The van der Waals surface area contributed by atoms with Gasteiger partial charge in [-0.05, 0) is 38.3 Å². The number of piperidine rings is 1. The van der Waals surface area contributed by atoms with E-state index in [1.54, 1.807) is 0 Å². The fourth-order valence-electron chi connectivity index (χ4n) is 2.70. The molecule has 1 saturated heterocycles. The normalized spacial score (nSPS) is 21.7. The maximum absolute atomic E-state index is 6.21. The number of halogens is 1. The van der Waals surface area contributed by atoms with E-state index in [0.29, 0.717) is 11.4 Å². The topological polar surface area (TPSA) is 21.1 Å². The van der Waals surface area contributed by atoms with Crippen LogP contribution in [0.2, 0.25) is 0 Å². The van der Waals surface area contributed by atoms with Crippen LogP contribution in [0.4, 0.5) is 0 Å². The summed E-state index contributed by atoms with van der Waals surface area (Å²) < 4.78 is 2.12. The zero-order valence-corrected chi connectivity index (χ0v) is 12.2. The SMILES string of the molecule is CCC(CC)n1ccc(CN2CCCC(Cl)C2)n1. The van der Waals surface area contributed by atoms with Crippen molar-refractivity contribution in [2.45, 2.75) is 57.5 Å². The highest BCUT2D eigenvalue weighted by Crippen LogP contribution is 2.18. The molecule has 0 amide bonds. The zero-order chi connectivity index (χ0) is 13.0. The number of rotatable bonds is 5. The van der Waals surface area contributed by atoms with E-state index in [1.165, 1.54) is 12.1 Å². The van der Waals surface area contributed by atoms with Gasteiger partial charge in [0.15, 0.2) is 0 Å². The second-order valence-electron chi connectivity index (χ2n) is 5.23. The molecule has 3 nitrogen and oxygen atoms in total. The van der Waals surface area contributed by atoms with Crippen LogP contribution in [0.25, 0.3) is 0 Å². The van der Waals surface area contributed by atoms with Crippen LogP contribution in [0.3, 0.4) is 0 Å². The summed E-state index contributed by atoms with van der Waals surface area (Å²) in [7, 11) is 0. The molecule has 1 aliphatic rings. The first kappa shape index (κ1) is 13.9. The van der Waals surface area contributed by atoms with Gasteiger partial charge in [0.1, 0.15) is 0 Å². The summed E-state index contributed by atoms with van der Waals surface area (Å²) in [6, 6.07) is 2.69. The molecule has 4 heteroatoms. The Balaban J connectivity index is 1.93. The van der Waals surface area contributed by atoms with Crippen molar-refractivity contribution >= 4 is 11.6 Å². The molecule has 0 saturated carbocycles. The van der Waals surface area contributed by atoms with Gasteiger partial charge >= 0.3 is 0 Å². The average Bonchev–Trinajstić information content (AvgIpc) is 2.79. The second kappa shape index (κ2) is 6.58. The molecule has 1 aliphatic heterocycles. The summed E-state index contributed by atoms with van der Waals surface area (Å²) >= 11 is 6.21. The Morgan fingerprint density at radius 3 is 2.89 bits per heavy atom. The lowest BCUT2D eigenvalue weighted by Crippen LogP contribution is -2.35. The lowest BCUT2D eigenvalue weighted by Gasteiger charge is -2.28. The smallest absolute Gasteiger partial charge is 0.0764 e. The molecule has 0 bridgehead atoms. The first-order valence-corrected chi connectivity index (χ1v) is 7.57. The van der Waals surface area contributed by atoms with Crippen molar-refractivity contribution in [2.24, 2.45) is 0 Å². The molecule has 0 aromatic carbocycles. The van der Waals surface area contributed by atoms with Crippen LogP contribution in [0, 0.1) is 0 Å².